The Morgan fingerprint density at radius 2 is 1.93 bits per heavy atom. The number of aromatic nitrogens is 2. The number of carbonyl (C=O) groups is 1. The lowest BCUT2D eigenvalue weighted by Crippen LogP contribution is -2.42. The van der Waals surface area contributed by atoms with Gasteiger partial charge in [-0.05, 0) is 56.1 Å². The van der Waals surface area contributed by atoms with Crippen molar-refractivity contribution in [2.75, 3.05) is 24.5 Å². The fourth-order valence-electron chi connectivity index (χ4n) is 4.38. The van der Waals surface area contributed by atoms with Crippen molar-refractivity contribution in [2.45, 2.75) is 25.8 Å². The van der Waals surface area contributed by atoms with Crippen LogP contribution >= 0.6 is 15.9 Å². The van der Waals surface area contributed by atoms with Crippen LogP contribution in [0.25, 0.3) is 11.4 Å². The number of para-hydroxylation sites is 1. The Labute approximate surface area is 184 Å². The Hall–Kier alpha value is -2.51. The minimum atomic E-state index is 0.0901. The van der Waals surface area contributed by atoms with Gasteiger partial charge in [-0.3, -0.25) is 9.69 Å². The molecular formula is C23H23BrN4O2. The molecule has 154 valence electrons. The molecule has 7 heteroatoms. The zero-order valence-corrected chi connectivity index (χ0v) is 18.2. The Morgan fingerprint density at radius 1 is 1.10 bits per heavy atom. The van der Waals surface area contributed by atoms with Crippen LogP contribution in [0.5, 0.6) is 0 Å². The van der Waals surface area contributed by atoms with Crippen molar-refractivity contribution in [3.05, 3.63) is 64.5 Å². The van der Waals surface area contributed by atoms with Crippen LogP contribution in [0.15, 0.2) is 57.5 Å². The van der Waals surface area contributed by atoms with E-state index in [1.807, 2.05) is 41.3 Å². The van der Waals surface area contributed by atoms with E-state index in [9.17, 15) is 4.79 Å². The molecule has 1 aromatic heterocycles. The maximum atomic E-state index is 13.1. The van der Waals surface area contributed by atoms with Gasteiger partial charge in [-0.1, -0.05) is 51.4 Å². The second-order valence-electron chi connectivity index (χ2n) is 7.94. The number of carbonyl (C=O) groups excluding carboxylic acids is 1. The zero-order valence-electron chi connectivity index (χ0n) is 16.6. The molecule has 0 bridgehead atoms. The third-order valence-electron chi connectivity index (χ3n) is 6.00. The van der Waals surface area contributed by atoms with Crippen LogP contribution < -0.4 is 4.90 Å². The van der Waals surface area contributed by atoms with Gasteiger partial charge >= 0.3 is 0 Å². The number of nitrogens with zero attached hydrogens (tertiary/aromatic N) is 4. The lowest BCUT2D eigenvalue weighted by atomic mass is 9.95. The summed E-state index contributed by atoms with van der Waals surface area (Å²) in [7, 11) is 0. The summed E-state index contributed by atoms with van der Waals surface area (Å²) in [5, 5.41) is 4.12. The highest BCUT2D eigenvalue weighted by molar-refractivity contribution is 9.10. The normalized spacial score (nSPS) is 17.3. The van der Waals surface area contributed by atoms with Gasteiger partial charge in [0, 0.05) is 28.2 Å². The number of halogens is 1. The van der Waals surface area contributed by atoms with Crippen LogP contribution in [0, 0.1) is 5.92 Å². The topological polar surface area (TPSA) is 62.5 Å². The van der Waals surface area contributed by atoms with E-state index >= 15 is 0 Å². The summed E-state index contributed by atoms with van der Waals surface area (Å²) in [6, 6.07) is 16.1. The zero-order chi connectivity index (χ0) is 20.5. The molecule has 2 aliphatic heterocycles. The summed E-state index contributed by atoms with van der Waals surface area (Å²) in [6.07, 6.45) is 2.69. The molecule has 3 heterocycles. The van der Waals surface area contributed by atoms with Crippen molar-refractivity contribution in [3.8, 4) is 11.4 Å². The van der Waals surface area contributed by atoms with Gasteiger partial charge in [0.15, 0.2) is 0 Å². The molecule has 0 aliphatic carbocycles. The molecule has 3 aromatic rings. The highest BCUT2D eigenvalue weighted by atomic mass is 79.9. The number of hydrogen-bond donors (Lipinski definition) is 0. The maximum Gasteiger partial charge on any atom is 0.241 e. The lowest BCUT2D eigenvalue weighted by Gasteiger charge is -2.32. The molecular weight excluding hydrogens is 444 g/mol. The Morgan fingerprint density at radius 3 is 2.77 bits per heavy atom. The summed E-state index contributed by atoms with van der Waals surface area (Å²) in [4.78, 5) is 21.9. The first-order valence-electron chi connectivity index (χ1n) is 10.4. The minimum absolute atomic E-state index is 0.0901. The van der Waals surface area contributed by atoms with Crippen molar-refractivity contribution in [3.63, 3.8) is 0 Å². The number of rotatable bonds is 4. The van der Waals surface area contributed by atoms with Gasteiger partial charge in [0.1, 0.15) is 0 Å². The molecule has 0 atom stereocenters. The van der Waals surface area contributed by atoms with Crippen LogP contribution in [0.3, 0.4) is 0 Å². The van der Waals surface area contributed by atoms with E-state index in [-0.39, 0.29) is 11.8 Å². The van der Waals surface area contributed by atoms with E-state index in [1.54, 1.807) is 0 Å². The Bertz CT molecular complexity index is 1060. The smallest absolute Gasteiger partial charge is 0.241 e. The summed E-state index contributed by atoms with van der Waals surface area (Å²) in [5.74, 6) is 1.58. The van der Waals surface area contributed by atoms with Gasteiger partial charge in [-0.15, -0.1) is 0 Å². The van der Waals surface area contributed by atoms with Crippen LogP contribution in [0.4, 0.5) is 5.69 Å². The fourth-order valence-corrected chi connectivity index (χ4v) is 4.78. The van der Waals surface area contributed by atoms with E-state index in [4.69, 9.17) is 4.52 Å². The average molecular weight is 467 g/mol. The number of amides is 1. The molecule has 1 amide bonds. The number of anilines is 1. The number of fused-ring (bicyclic) bond motifs is 1. The van der Waals surface area contributed by atoms with Gasteiger partial charge in [-0.25, -0.2) is 0 Å². The first-order valence-corrected chi connectivity index (χ1v) is 11.2. The number of piperidine rings is 1. The molecule has 2 aromatic carbocycles. The molecule has 2 aliphatic rings. The average Bonchev–Trinajstić information content (AvgIpc) is 3.41. The van der Waals surface area contributed by atoms with Gasteiger partial charge < -0.3 is 9.42 Å². The van der Waals surface area contributed by atoms with Crippen LogP contribution in [-0.4, -0.2) is 40.6 Å². The van der Waals surface area contributed by atoms with Crippen molar-refractivity contribution in [1.82, 2.24) is 15.0 Å². The van der Waals surface area contributed by atoms with E-state index in [2.05, 4.69) is 43.1 Å². The Kier molecular flexibility index (Phi) is 5.39. The molecule has 6 nitrogen and oxygen atoms in total. The van der Waals surface area contributed by atoms with Crippen LogP contribution in [0.2, 0.25) is 0 Å². The highest BCUT2D eigenvalue weighted by Crippen LogP contribution is 2.31. The predicted octanol–water partition coefficient (Wildman–Crippen LogP) is 4.30. The van der Waals surface area contributed by atoms with Crippen molar-refractivity contribution in [1.29, 1.82) is 0 Å². The minimum Gasteiger partial charge on any atom is -0.338 e. The summed E-state index contributed by atoms with van der Waals surface area (Å²) in [6.45, 7) is 3.15. The number of benzene rings is 2. The van der Waals surface area contributed by atoms with Crippen LogP contribution in [0.1, 0.15) is 24.3 Å². The largest absolute Gasteiger partial charge is 0.338 e. The second-order valence-corrected chi connectivity index (χ2v) is 8.86. The van der Waals surface area contributed by atoms with Gasteiger partial charge in [0.25, 0.3) is 0 Å². The standard InChI is InChI=1S/C23H23BrN4O2/c24-19-6-3-5-18(14-19)22-25-21(30-26-22)15-27-11-8-17(9-12-27)23(29)28-13-10-16-4-1-2-7-20(16)28/h1-7,14,17H,8-13,15H2. The maximum absolute atomic E-state index is 13.1. The molecule has 30 heavy (non-hydrogen) atoms. The van der Waals surface area contributed by atoms with Gasteiger partial charge in [0.2, 0.25) is 17.6 Å². The third-order valence-corrected chi connectivity index (χ3v) is 6.49. The molecule has 0 radical (unpaired) electrons. The first kappa shape index (κ1) is 19.5. The quantitative estimate of drug-likeness (QED) is 0.573. The number of hydrogen-bond acceptors (Lipinski definition) is 5. The molecule has 0 N–H and O–H groups in total. The monoisotopic (exact) mass is 466 g/mol. The van der Waals surface area contributed by atoms with E-state index in [0.717, 1.165) is 54.6 Å². The van der Waals surface area contributed by atoms with Crippen molar-refractivity contribution in [2.24, 2.45) is 5.92 Å². The second kappa shape index (κ2) is 8.32. The summed E-state index contributed by atoms with van der Waals surface area (Å²) in [5.41, 5.74) is 3.30. The summed E-state index contributed by atoms with van der Waals surface area (Å²) < 4.78 is 6.45. The first-order chi connectivity index (χ1) is 14.7. The molecule has 0 unspecified atom stereocenters. The fraction of sp³-hybridized carbons (Fsp3) is 0.348. The Balaban J connectivity index is 1.18. The van der Waals surface area contributed by atoms with Crippen molar-refractivity contribution < 1.29 is 9.32 Å². The van der Waals surface area contributed by atoms with Gasteiger partial charge in [-0.2, -0.15) is 4.98 Å². The highest BCUT2D eigenvalue weighted by Gasteiger charge is 2.32. The van der Waals surface area contributed by atoms with Crippen molar-refractivity contribution >= 4 is 27.5 Å². The van der Waals surface area contributed by atoms with Gasteiger partial charge in [0.05, 0.1) is 6.54 Å². The lowest BCUT2D eigenvalue weighted by molar-refractivity contribution is -0.123. The summed E-state index contributed by atoms with van der Waals surface area (Å²) >= 11 is 3.47. The predicted molar refractivity (Wildman–Crippen MR) is 118 cm³/mol. The van der Waals surface area contributed by atoms with E-state index < -0.39 is 0 Å². The molecule has 1 saturated heterocycles. The number of likely N-dealkylation sites (tertiary alicyclic amines) is 1. The van der Waals surface area contributed by atoms with Crippen LogP contribution in [-0.2, 0) is 17.8 Å². The molecule has 0 spiro atoms. The third kappa shape index (κ3) is 3.91. The molecule has 1 fully saturated rings. The SMILES string of the molecule is O=C(C1CCN(Cc2nc(-c3cccc(Br)c3)no2)CC1)N1CCc2ccccc21. The van der Waals surface area contributed by atoms with E-state index in [0.29, 0.717) is 18.3 Å². The van der Waals surface area contributed by atoms with E-state index in [1.165, 1.54) is 5.56 Å². The molecule has 0 saturated carbocycles. The molecule has 5 rings (SSSR count).